The summed E-state index contributed by atoms with van der Waals surface area (Å²) in [5, 5.41) is 0.633. The van der Waals surface area contributed by atoms with E-state index in [2.05, 4.69) is 37.8 Å². The first-order valence-corrected chi connectivity index (χ1v) is 14.8. The minimum Gasteiger partial charge on any atom is -0.460 e. The van der Waals surface area contributed by atoms with Crippen LogP contribution in [0.25, 0.3) is 17.0 Å². The molecular weight excluding hydrogens is 502 g/mol. The zero-order chi connectivity index (χ0) is 28.9. The van der Waals surface area contributed by atoms with Gasteiger partial charge in [-0.25, -0.2) is 4.79 Å². The molecular formula is C34H45NO5. The van der Waals surface area contributed by atoms with Gasteiger partial charge >= 0.3 is 6.16 Å². The number of furan rings is 1. The van der Waals surface area contributed by atoms with Gasteiger partial charge in [-0.15, -0.1) is 0 Å². The molecule has 216 valence electrons. The third-order valence-corrected chi connectivity index (χ3v) is 6.75. The molecule has 1 aromatic heterocycles. The summed E-state index contributed by atoms with van der Waals surface area (Å²) >= 11 is 0. The van der Waals surface area contributed by atoms with Crippen molar-refractivity contribution in [2.45, 2.75) is 85.7 Å². The summed E-state index contributed by atoms with van der Waals surface area (Å²) in [7, 11) is 0. The predicted molar refractivity (Wildman–Crippen MR) is 162 cm³/mol. The fourth-order valence-electron chi connectivity index (χ4n) is 4.55. The lowest BCUT2D eigenvalue weighted by Crippen LogP contribution is -2.26. The molecule has 0 spiro atoms. The molecule has 0 saturated heterocycles. The Labute approximate surface area is 239 Å². The van der Waals surface area contributed by atoms with Crippen molar-refractivity contribution in [3.05, 3.63) is 71.0 Å². The summed E-state index contributed by atoms with van der Waals surface area (Å²) in [4.78, 5) is 28.3. The van der Waals surface area contributed by atoms with Gasteiger partial charge in [-0.1, -0.05) is 76.5 Å². The maximum atomic E-state index is 13.8. The summed E-state index contributed by atoms with van der Waals surface area (Å²) in [6.45, 7) is 13.3. The number of hydrogen-bond donors (Lipinski definition) is 0. The fourth-order valence-corrected chi connectivity index (χ4v) is 4.55. The molecule has 0 fully saturated rings. The molecule has 0 atom stereocenters. The van der Waals surface area contributed by atoms with Crippen LogP contribution in [0.2, 0.25) is 0 Å². The molecule has 0 N–H and O–H groups in total. The van der Waals surface area contributed by atoms with Gasteiger partial charge in [0.25, 0.3) is 0 Å². The van der Waals surface area contributed by atoms with Gasteiger partial charge in [0, 0.05) is 23.9 Å². The number of carbonyl (C=O) groups is 2. The average Bonchev–Trinajstić information content (AvgIpc) is 3.30. The number of ether oxygens (including phenoxy) is 2. The van der Waals surface area contributed by atoms with Crippen molar-refractivity contribution in [1.29, 1.82) is 0 Å². The minimum atomic E-state index is -0.778. The van der Waals surface area contributed by atoms with Crippen molar-refractivity contribution in [3.8, 4) is 5.75 Å². The quantitative estimate of drug-likeness (QED) is 0.101. The highest BCUT2D eigenvalue weighted by Gasteiger charge is 2.23. The second-order valence-electron chi connectivity index (χ2n) is 10.5. The largest absolute Gasteiger partial charge is 0.514 e. The molecule has 6 nitrogen and oxygen atoms in total. The van der Waals surface area contributed by atoms with Crippen molar-refractivity contribution in [2.24, 2.45) is 0 Å². The zero-order valence-electron chi connectivity index (χ0n) is 24.8. The van der Waals surface area contributed by atoms with Crippen molar-refractivity contribution >= 4 is 29.0 Å². The third-order valence-electron chi connectivity index (χ3n) is 6.75. The van der Waals surface area contributed by atoms with E-state index in [1.54, 1.807) is 32.0 Å². The monoisotopic (exact) mass is 547 g/mol. The molecule has 0 aliphatic carbocycles. The fraction of sp³-hybridized carbons (Fsp3) is 0.471. The van der Waals surface area contributed by atoms with Crippen LogP contribution >= 0.6 is 0 Å². The van der Waals surface area contributed by atoms with Crippen LogP contribution in [0.3, 0.4) is 0 Å². The Kier molecular flexibility index (Phi) is 12.5. The SMILES string of the molecule is CCCCc1oc2ccc(OC(=O)OC(C)C)cc2c1C(=O)c1ccc(/C=C\CN(CCCC)CCCC)cc1. The van der Waals surface area contributed by atoms with Crippen molar-refractivity contribution in [2.75, 3.05) is 19.6 Å². The molecule has 0 aliphatic rings. The van der Waals surface area contributed by atoms with Crippen LogP contribution in [0, 0.1) is 0 Å². The molecule has 3 aromatic rings. The smallest absolute Gasteiger partial charge is 0.460 e. The summed E-state index contributed by atoms with van der Waals surface area (Å²) in [6, 6.07) is 12.8. The van der Waals surface area contributed by atoms with Crippen molar-refractivity contribution in [3.63, 3.8) is 0 Å². The molecule has 0 radical (unpaired) electrons. The Morgan fingerprint density at radius 3 is 2.23 bits per heavy atom. The standard InChI is InChI=1S/C34H45NO5/c1-6-9-14-31-32(29-24-28(19-20-30(29)40-31)39-34(37)38-25(4)5)33(36)27-17-15-26(16-18-27)13-12-23-35(21-10-7-2)22-11-8-3/h12-13,15-20,24-25H,6-11,14,21-23H2,1-5H3/b13-12-. The summed E-state index contributed by atoms with van der Waals surface area (Å²) in [5.74, 6) is 0.863. The van der Waals surface area contributed by atoms with E-state index >= 15 is 0 Å². The first-order chi connectivity index (χ1) is 19.4. The molecule has 1 heterocycles. The number of unbranched alkanes of at least 4 members (excludes halogenated alkanes) is 3. The van der Waals surface area contributed by atoms with E-state index in [1.807, 2.05) is 24.3 Å². The Bertz CT molecular complexity index is 1250. The predicted octanol–water partition coefficient (Wildman–Crippen LogP) is 8.85. The van der Waals surface area contributed by atoms with Gasteiger partial charge in [0.05, 0.1) is 11.7 Å². The van der Waals surface area contributed by atoms with Crippen LogP contribution in [0.1, 0.15) is 100 Å². The Balaban J connectivity index is 1.81. The van der Waals surface area contributed by atoms with Crippen LogP contribution in [0.4, 0.5) is 4.79 Å². The van der Waals surface area contributed by atoms with Crippen molar-refractivity contribution < 1.29 is 23.5 Å². The number of ketones is 1. The minimum absolute atomic E-state index is 0.104. The van der Waals surface area contributed by atoms with E-state index < -0.39 is 6.16 Å². The van der Waals surface area contributed by atoms with E-state index in [0.717, 1.165) is 38.0 Å². The topological polar surface area (TPSA) is 69.0 Å². The Morgan fingerprint density at radius 1 is 0.925 bits per heavy atom. The van der Waals surface area contributed by atoms with Crippen molar-refractivity contribution in [1.82, 2.24) is 4.90 Å². The van der Waals surface area contributed by atoms with Gasteiger partial charge < -0.3 is 13.9 Å². The molecule has 0 bridgehead atoms. The van der Waals surface area contributed by atoms with E-state index in [1.165, 1.54) is 25.7 Å². The van der Waals surface area contributed by atoms with Crippen LogP contribution in [0.5, 0.6) is 5.75 Å². The highest BCUT2D eigenvalue weighted by molar-refractivity contribution is 6.17. The second-order valence-corrected chi connectivity index (χ2v) is 10.5. The molecule has 0 aliphatic heterocycles. The number of benzene rings is 2. The second kappa shape index (κ2) is 16.0. The van der Waals surface area contributed by atoms with Crippen LogP contribution < -0.4 is 4.74 Å². The summed E-state index contributed by atoms with van der Waals surface area (Å²) < 4.78 is 16.6. The number of rotatable bonds is 16. The highest BCUT2D eigenvalue weighted by atomic mass is 16.7. The van der Waals surface area contributed by atoms with E-state index in [4.69, 9.17) is 13.9 Å². The molecule has 2 aromatic carbocycles. The molecule has 0 amide bonds. The summed E-state index contributed by atoms with van der Waals surface area (Å²) in [5.41, 5.74) is 2.77. The van der Waals surface area contributed by atoms with Gasteiger partial charge in [0.2, 0.25) is 0 Å². The molecule has 0 saturated carbocycles. The number of nitrogens with zero attached hydrogens (tertiary/aromatic N) is 1. The van der Waals surface area contributed by atoms with E-state index in [9.17, 15) is 9.59 Å². The number of fused-ring (bicyclic) bond motifs is 1. The molecule has 0 unspecified atom stereocenters. The van der Waals surface area contributed by atoms with E-state index in [-0.39, 0.29) is 11.9 Å². The normalized spacial score (nSPS) is 11.7. The molecule has 40 heavy (non-hydrogen) atoms. The van der Waals surface area contributed by atoms with E-state index in [0.29, 0.717) is 40.0 Å². The van der Waals surface area contributed by atoms with Gasteiger partial charge in [-0.05, 0) is 70.0 Å². The first kappa shape index (κ1) is 31.2. The Morgan fingerprint density at radius 2 is 1.60 bits per heavy atom. The van der Waals surface area contributed by atoms with Gasteiger partial charge in [0.1, 0.15) is 17.1 Å². The number of aryl methyl sites for hydroxylation is 1. The van der Waals surface area contributed by atoms with Gasteiger partial charge in [-0.2, -0.15) is 0 Å². The summed E-state index contributed by atoms with van der Waals surface area (Å²) in [6.07, 6.45) is 10.6. The first-order valence-electron chi connectivity index (χ1n) is 14.8. The maximum absolute atomic E-state index is 13.8. The van der Waals surface area contributed by atoms with Gasteiger partial charge in [-0.3, -0.25) is 9.69 Å². The number of hydrogen-bond acceptors (Lipinski definition) is 6. The lowest BCUT2D eigenvalue weighted by molar-refractivity contribution is 0.0729. The Hall–Kier alpha value is -3.38. The lowest BCUT2D eigenvalue weighted by Gasteiger charge is -2.19. The lowest BCUT2D eigenvalue weighted by atomic mass is 9.97. The third kappa shape index (κ3) is 9.09. The maximum Gasteiger partial charge on any atom is 0.514 e. The molecule has 3 rings (SSSR count). The average molecular weight is 548 g/mol. The highest BCUT2D eigenvalue weighted by Crippen LogP contribution is 2.32. The van der Waals surface area contributed by atoms with Gasteiger partial charge in [0.15, 0.2) is 5.78 Å². The van der Waals surface area contributed by atoms with Crippen LogP contribution in [-0.2, 0) is 11.2 Å². The zero-order valence-corrected chi connectivity index (χ0v) is 24.8. The van der Waals surface area contributed by atoms with Crippen LogP contribution in [-0.4, -0.2) is 42.6 Å². The molecule has 6 heteroatoms. The van der Waals surface area contributed by atoms with Crippen LogP contribution in [0.15, 0.2) is 53.0 Å². The number of carbonyl (C=O) groups excluding carboxylic acids is 2.